The third-order valence-electron chi connectivity index (χ3n) is 2.08. The summed E-state index contributed by atoms with van der Waals surface area (Å²) in [6, 6.07) is 4.78. The summed E-state index contributed by atoms with van der Waals surface area (Å²) in [6.45, 7) is 0. The largest absolute Gasteiger partial charge is 0.226 e. The Morgan fingerprint density at radius 1 is 1.24 bits per heavy atom. The summed E-state index contributed by atoms with van der Waals surface area (Å²) in [7, 11) is 0. The topological polar surface area (TPSA) is 49.6 Å². The number of hydrogen-bond donors (Lipinski definition) is 0. The summed E-state index contributed by atoms with van der Waals surface area (Å²) in [6.07, 6.45) is 1.35. The van der Waals surface area contributed by atoms with Crippen LogP contribution in [-0.2, 0) is 0 Å². The first-order valence-corrected chi connectivity index (χ1v) is 4.87. The lowest BCUT2D eigenvalue weighted by Crippen LogP contribution is -1.94. The van der Waals surface area contributed by atoms with Gasteiger partial charge in [-0.1, -0.05) is 0 Å². The molecule has 1 aromatic carbocycles. The highest BCUT2D eigenvalue weighted by molar-refractivity contribution is 6.28. The Morgan fingerprint density at radius 3 is 2.65 bits per heavy atom. The van der Waals surface area contributed by atoms with E-state index in [9.17, 15) is 8.78 Å². The quantitative estimate of drug-likeness (QED) is 0.732. The van der Waals surface area contributed by atoms with Gasteiger partial charge in [-0.25, -0.2) is 18.7 Å². The molecule has 1 heterocycles. The maximum absolute atomic E-state index is 13.5. The smallest absolute Gasteiger partial charge is 0.222 e. The van der Waals surface area contributed by atoms with E-state index < -0.39 is 11.6 Å². The van der Waals surface area contributed by atoms with Gasteiger partial charge in [-0.2, -0.15) is 5.26 Å². The molecule has 0 aliphatic heterocycles. The molecule has 2 aromatic rings. The second-order valence-corrected chi connectivity index (χ2v) is 3.47. The molecule has 0 unspecified atom stereocenters. The molecule has 0 fully saturated rings. The molecule has 2 rings (SSSR count). The van der Waals surface area contributed by atoms with Gasteiger partial charge in [0, 0.05) is 17.8 Å². The SMILES string of the molecule is N#Cc1cc(-c2ccnc(Cl)n2)c(F)cc1F. The van der Waals surface area contributed by atoms with Gasteiger partial charge in [-0.3, -0.25) is 0 Å². The number of nitriles is 1. The Hall–Kier alpha value is -2.06. The van der Waals surface area contributed by atoms with Crippen LogP contribution in [0.1, 0.15) is 5.56 Å². The summed E-state index contributed by atoms with van der Waals surface area (Å²) in [4.78, 5) is 7.44. The molecule has 6 heteroatoms. The zero-order chi connectivity index (χ0) is 12.4. The van der Waals surface area contributed by atoms with Crippen LogP contribution < -0.4 is 0 Å². The lowest BCUT2D eigenvalue weighted by atomic mass is 10.1. The van der Waals surface area contributed by atoms with Crippen LogP contribution in [0, 0.1) is 23.0 Å². The number of nitrogens with zero attached hydrogens (tertiary/aromatic N) is 3. The highest BCUT2D eigenvalue weighted by Crippen LogP contribution is 2.24. The minimum absolute atomic E-state index is 0.00671. The third kappa shape index (κ3) is 2.22. The maximum atomic E-state index is 13.5. The molecule has 84 valence electrons. The molecular weight excluding hydrogens is 248 g/mol. The molecule has 0 spiro atoms. The fourth-order valence-corrected chi connectivity index (χ4v) is 1.46. The van der Waals surface area contributed by atoms with E-state index in [1.807, 2.05) is 0 Å². The van der Waals surface area contributed by atoms with Gasteiger partial charge in [0.15, 0.2) is 0 Å². The van der Waals surface area contributed by atoms with Crippen LogP contribution in [0.15, 0.2) is 24.4 Å². The van der Waals surface area contributed by atoms with E-state index in [0.29, 0.717) is 6.07 Å². The summed E-state index contributed by atoms with van der Waals surface area (Å²) >= 11 is 5.57. The van der Waals surface area contributed by atoms with Gasteiger partial charge in [-0.05, 0) is 23.7 Å². The molecule has 1 aromatic heterocycles. The van der Waals surface area contributed by atoms with E-state index in [0.717, 1.165) is 6.07 Å². The molecule has 17 heavy (non-hydrogen) atoms. The van der Waals surface area contributed by atoms with Crippen molar-refractivity contribution in [1.29, 1.82) is 5.26 Å². The third-order valence-corrected chi connectivity index (χ3v) is 2.26. The van der Waals surface area contributed by atoms with E-state index in [4.69, 9.17) is 16.9 Å². The van der Waals surface area contributed by atoms with Crippen LogP contribution in [0.25, 0.3) is 11.3 Å². The van der Waals surface area contributed by atoms with Gasteiger partial charge in [0.1, 0.15) is 17.7 Å². The molecule has 0 radical (unpaired) electrons. The average molecular weight is 252 g/mol. The zero-order valence-electron chi connectivity index (χ0n) is 8.28. The fourth-order valence-electron chi connectivity index (χ4n) is 1.32. The van der Waals surface area contributed by atoms with Crippen molar-refractivity contribution in [3.05, 3.63) is 46.9 Å². The predicted octanol–water partition coefficient (Wildman–Crippen LogP) is 2.95. The predicted molar refractivity (Wildman–Crippen MR) is 57.1 cm³/mol. The zero-order valence-corrected chi connectivity index (χ0v) is 9.04. The van der Waals surface area contributed by atoms with Crippen LogP contribution >= 0.6 is 11.6 Å². The second-order valence-electron chi connectivity index (χ2n) is 3.13. The van der Waals surface area contributed by atoms with Gasteiger partial charge in [0.05, 0.1) is 11.3 Å². The van der Waals surface area contributed by atoms with Crippen molar-refractivity contribution >= 4 is 11.6 Å². The van der Waals surface area contributed by atoms with E-state index in [-0.39, 0.29) is 22.1 Å². The molecule has 3 nitrogen and oxygen atoms in total. The van der Waals surface area contributed by atoms with Crippen LogP contribution in [0.5, 0.6) is 0 Å². The Kier molecular flexibility index (Phi) is 2.98. The van der Waals surface area contributed by atoms with Gasteiger partial charge in [0.25, 0.3) is 0 Å². The Bertz CT molecular complexity index is 623. The van der Waals surface area contributed by atoms with Crippen molar-refractivity contribution in [3.8, 4) is 17.3 Å². The van der Waals surface area contributed by atoms with E-state index in [2.05, 4.69) is 9.97 Å². The minimum atomic E-state index is -0.908. The standard InChI is InChI=1S/C11H4ClF2N3/c12-11-16-2-1-10(17-11)7-3-6(5-15)8(13)4-9(7)14/h1-4H. The number of hydrogen-bond acceptors (Lipinski definition) is 3. The Morgan fingerprint density at radius 2 is 2.00 bits per heavy atom. The molecule has 0 atom stereocenters. The monoisotopic (exact) mass is 251 g/mol. The van der Waals surface area contributed by atoms with Crippen molar-refractivity contribution in [2.45, 2.75) is 0 Å². The second kappa shape index (κ2) is 4.44. The van der Waals surface area contributed by atoms with E-state index in [1.54, 1.807) is 6.07 Å². The van der Waals surface area contributed by atoms with Crippen molar-refractivity contribution in [1.82, 2.24) is 9.97 Å². The molecule has 0 N–H and O–H groups in total. The molecule has 0 aliphatic rings. The number of halogens is 3. The molecule has 0 saturated carbocycles. The van der Waals surface area contributed by atoms with Crippen molar-refractivity contribution < 1.29 is 8.78 Å². The van der Waals surface area contributed by atoms with Crippen molar-refractivity contribution in [3.63, 3.8) is 0 Å². The first-order valence-electron chi connectivity index (χ1n) is 4.50. The summed E-state index contributed by atoms with van der Waals surface area (Å²) in [5.41, 5.74) is -0.0533. The maximum Gasteiger partial charge on any atom is 0.222 e. The van der Waals surface area contributed by atoms with Crippen LogP contribution in [-0.4, -0.2) is 9.97 Å². The summed E-state index contributed by atoms with van der Waals surface area (Å²) in [5, 5.41) is 8.61. The van der Waals surface area contributed by atoms with Gasteiger partial charge >= 0.3 is 0 Å². The first kappa shape index (κ1) is 11.4. The number of rotatable bonds is 1. The average Bonchev–Trinajstić information content (AvgIpc) is 2.29. The lowest BCUT2D eigenvalue weighted by Gasteiger charge is -2.03. The molecule has 0 aliphatic carbocycles. The highest BCUT2D eigenvalue weighted by Gasteiger charge is 2.12. The Labute approximate surface area is 100 Å². The normalized spacial score (nSPS) is 10.0. The number of aromatic nitrogens is 2. The van der Waals surface area contributed by atoms with Crippen LogP contribution in [0.4, 0.5) is 8.78 Å². The minimum Gasteiger partial charge on any atom is -0.226 e. The lowest BCUT2D eigenvalue weighted by molar-refractivity contribution is 0.583. The summed E-state index contributed by atoms with van der Waals surface area (Å²) in [5.74, 6) is -1.72. The van der Waals surface area contributed by atoms with Gasteiger partial charge in [-0.15, -0.1) is 0 Å². The summed E-state index contributed by atoms with van der Waals surface area (Å²) < 4.78 is 26.6. The van der Waals surface area contributed by atoms with Gasteiger partial charge < -0.3 is 0 Å². The van der Waals surface area contributed by atoms with Crippen LogP contribution in [0.3, 0.4) is 0 Å². The Balaban J connectivity index is 2.64. The molecular formula is C11H4ClF2N3. The van der Waals surface area contributed by atoms with E-state index >= 15 is 0 Å². The fraction of sp³-hybridized carbons (Fsp3) is 0. The van der Waals surface area contributed by atoms with Crippen molar-refractivity contribution in [2.24, 2.45) is 0 Å². The van der Waals surface area contributed by atoms with Crippen LogP contribution in [0.2, 0.25) is 5.28 Å². The first-order chi connectivity index (χ1) is 8.11. The van der Waals surface area contributed by atoms with Crippen molar-refractivity contribution in [2.75, 3.05) is 0 Å². The van der Waals surface area contributed by atoms with E-state index in [1.165, 1.54) is 12.3 Å². The van der Waals surface area contributed by atoms with Gasteiger partial charge in [0.2, 0.25) is 5.28 Å². The molecule has 0 saturated heterocycles. The molecule has 0 bridgehead atoms. The molecule has 0 amide bonds. The highest BCUT2D eigenvalue weighted by atomic mass is 35.5. The number of benzene rings is 1.